The van der Waals surface area contributed by atoms with Gasteiger partial charge in [-0.15, -0.1) is 0 Å². The van der Waals surface area contributed by atoms with Gasteiger partial charge in [-0.1, -0.05) is 18.2 Å². The maximum Gasteiger partial charge on any atom is 0.134 e. The number of ketones is 1. The summed E-state index contributed by atoms with van der Waals surface area (Å²) < 4.78 is 0. The standard InChI is InChI=1S/C11H14O2/c1-8-3-4-10(5-9(2)13)6-11(8)7-12/h3-4,6,12H,5,7H2,1-2H3. The molecule has 0 aliphatic carbocycles. The van der Waals surface area contributed by atoms with Crippen molar-refractivity contribution in [2.45, 2.75) is 26.9 Å². The van der Waals surface area contributed by atoms with Crippen LogP contribution in [0.4, 0.5) is 0 Å². The van der Waals surface area contributed by atoms with Gasteiger partial charge >= 0.3 is 0 Å². The summed E-state index contributed by atoms with van der Waals surface area (Å²) in [5.41, 5.74) is 2.94. The summed E-state index contributed by atoms with van der Waals surface area (Å²) in [5, 5.41) is 8.99. The highest BCUT2D eigenvalue weighted by molar-refractivity contribution is 5.78. The maximum absolute atomic E-state index is 10.8. The summed E-state index contributed by atoms with van der Waals surface area (Å²) in [5.74, 6) is 0.146. The second-order valence-electron chi connectivity index (χ2n) is 3.30. The van der Waals surface area contributed by atoms with Crippen LogP contribution in [0.1, 0.15) is 23.6 Å². The molecule has 2 nitrogen and oxygen atoms in total. The van der Waals surface area contributed by atoms with Gasteiger partial charge in [0, 0.05) is 6.42 Å². The first-order valence-electron chi connectivity index (χ1n) is 4.32. The molecule has 13 heavy (non-hydrogen) atoms. The minimum absolute atomic E-state index is 0.0393. The van der Waals surface area contributed by atoms with E-state index in [-0.39, 0.29) is 12.4 Å². The zero-order valence-electron chi connectivity index (χ0n) is 8.00. The Labute approximate surface area is 78.2 Å². The van der Waals surface area contributed by atoms with Crippen molar-refractivity contribution in [3.05, 3.63) is 34.9 Å². The van der Waals surface area contributed by atoms with Gasteiger partial charge in [0.05, 0.1) is 6.61 Å². The Balaban J connectivity index is 2.92. The zero-order valence-corrected chi connectivity index (χ0v) is 8.00. The molecular formula is C11H14O2. The monoisotopic (exact) mass is 178 g/mol. The summed E-state index contributed by atoms with van der Waals surface area (Å²) in [6.45, 7) is 3.55. The third-order valence-corrected chi connectivity index (χ3v) is 2.04. The minimum Gasteiger partial charge on any atom is -0.392 e. The topological polar surface area (TPSA) is 37.3 Å². The molecule has 0 saturated carbocycles. The number of rotatable bonds is 3. The molecule has 1 aromatic rings. The number of carbonyl (C=O) groups excluding carboxylic acids is 1. The minimum atomic E-state index is 0.0393. The van der Waals surface area contributed by atoms with Crippen molar-refractivity contribution in [2.24, 2.45) is 0 Å². The quantitative estimate of drug-likeness (QED) is 0.763. The molecule has 1 aromatic carbocycles. The Bertz CT molecular complexity index is 316. The lowest BCUT2D eigenvalue weighted by molar-refractivity contribution is -0.116. The summed E-state index contributed by atoms with van der Waals surface area (Å²) in [6, 6.07) is 5.75. The van der Waals surface area contributed by atoms with E-state index in [1.807, 2.05) is 25.1 Å². The maximum atomic E-state index is 10.8. The van der Waals surface area contributed by atoms with Gasteiger partial charge in [-0.3, -0.25) is 4.79 Å². The van der Waals surface area contributed by atoms with Crippen molar-refractivity contribution in [3.63, 3.8) is 0 Å². The van der Waals surface area contributed by atoms with Crippen LogP contribution in [-0.4, -0.2) is 10.9 Å². The van der Waals surface area contributed by atoms with E-state index in [1.54, 1.807) is 6.92 Å². The highest BCUT2D eigenvalue weighted by Gasteiger charge is 2.01. The van der Waals surface area contributed by atoms with Crippen LogP contribution in [0, 0.1) is 6.92 Å². The van der Waals surface area contributed by atoms with Crippen LogP contribution in [0.25, 0.3) is 0 Å². The van der Waals surface area contributed by atoms with Crippen LogP contribution in [0.2, 0.25) is 0 Å². The Hall–Kier alpha value is -1.15. The van der Waals surface area contributed by atoms with Crippen molar-refractivity contribution in [3.8, 4) is 0 Å². The predicted molar refractivity (Wildman–Crippen MR) is 51.5 cm³/mol. The van der Waals surface area contributed by atoms with Gasteiger partial charge in [0.25, 0.3) is 0 Å². The number of hydrogen-bond acceptors (Lipinski definition) is 2. The first-order valence-corrected chi connectivity index (χ1v) is 4.32. The average molecular weight is 178 g/mol. The summed E-state index contributed by atoms with van der Waals surface area (Å²) in [4.78, 5) is 10.8. The molecule has 0 aliphatic heterocycles. The van der Waals surface area contributed by atoms with Crippen molar-refractivity contribution >= 4 is 5.78 Å². The number of hydrogen-bond donors (Lipinski definition) is 1. The molecule has 0 aromatic heterocycles. The van der Waals surface area contributed by atoms with Gasteiger partial charge in [0.1, 0.15) is 5.78 Å². The SMILES string of the molecule is CC(=O)Cc1ccc(C)c(CO)c1. The van der Waals surface area contributed by atoms with Crippen molar-refractivity contribution < 1.29 is 9.90 Å². The molecule has 0 bridgehead atoms. The summed E-state index contributed by atoms with van der Waals surface area (Å²) in [7, 11) is 0. The second kappa shape index (κ2) is 4.19. The first-order chi connectivity index (χ1) is 6.13. The van der Waals surface area contributed by atoms with E-state index >= 15 is 0 Å². The van der Waals surface area contributed by atoms with E-state index < -0.39 is 0 Å². The third-order valence-electron chi connectivity index (χ3n) is 2.04. The van der Waals surface area contributed by atoms with Crippen molar-refractivity contribution in [1.29, 1.82) is 0 Å². The van der Waals surface area contributed by atoms with Crippen LogP contribution >= 0.6 is 0 Å². The highest BCUT2D eigenvalue weighted by atomic mass is 16.3. The van der Waals surface area contributed by atoms with Gasteiger partial charge < -0.3 is 5.11 Å². The summed E-state index contributed by atoms with van der Waals surface area (Å²) >= 11 is 0. The molecular weight excluding hydrogens is 164 g/mol. The van der Waals surface area contributed by atoms with Gasteiger partial charge in [0.15, 0.2) is 0 Å². The van der Waals surface area contributed by atoms with Gasteiger partial charge in [-0.2, -0.15) is 0 Å². The van der Waals surface area contributed by atoms with E-state index in [1.165, 1.54) is 0 Å². The zero-order chi connectivity index (χ0) is 9.84. The Morgan fingerprint density at radius 3 is 2.69 bits per heavy atom. The largest absolute Gasteiger partial charge is 0.392 e. The van der Waals surface area contributed by atoms with Crippen molar-refractivity contribution in [1.82, 2.24) is 0 Å². The van der Waals surface area contributed by atoms with E-state index in [0.29, 0.717) is 6.42 Å². The molecule has 0 heterocycles. The fourth-order valence-electron chi connectivity index (χ4n) is 1.29. The third kappa shape index (κ3) is 2.67. The molecule has 0 radical (unpaired) electrons. The fraction of sp³-hybridized carbons (Fsp3) is 0.364. The van der Waals surface area contributed by atoms with Crippen LogP contribution < -0.4 is 0 Å². The first kappa shape index (κ1) is 9.93. The number of aliphatic hydroxyl groups is 1. The lowest BCUT2D eigenvalue weighted by Crippen LogP contribution is -1.98. The molecule has 0 saturated heterocycles. The second-order valence-corrected chi connectivity index (χ2v) is 3.30. The van der Waals surface area contributed by atoms with E-state index in [9.17, 15) is 4.79 Å². The Morgan fingerprint density at radius 1 is 1.46 bits per heavy atom. The number of benzene rings is 1. The Morgan fingerprint density at radius 2 is 2.15 bits per heavy atom. The number of aryl methyl sites for hydroxylation is 1. The molecule has 70 valence electrons. The van der Waals surface area contributed by atoms with Crippen LogP contribution in [0.3, 0.4) is 0 Å². The molecule has 1 rings (SSSR count). The van der Waals surface area contributed by atoms with E-state index in [4.69, 9.17) is 5.11 Å². The molecule has 2 heteroatoms. The molecule has 0 unspecified atom stereocenters. The van der Waals surface area contributed by atoms with Crippen LogP contribution in [0.5, 0.6) is 0 Å². The summed E-state index contributed by atoms with van der Waals surface area (Å²) in [6.07, 6.45) is 0.452. The van der Waals surface area contributed by atoms with Gasteiger partial charge in [-0.05, 0) is 30.5 Å². The smallest absolute Gasteiger partial charge is 0.134 e. The number of carbonyl (C=O) groups is 1. The lowest BCUT2D eigenvalue weighted by Gasteiger charge is -2.04. The Kier molecular flexibility index (Phi) is 3.20. The van der Waals surface area contributed by atoms with Gasteiger partial charge in [-0.25, -0.2) is 0 Å². The van der Waals surface area contributed by atoms with Crippen molar-refractivity contribution in [2.75, 3.05) is 0 Å². The lowest BCUT2D eigenvalue weighted by atomic mass is 10.0. The number of Topliss-reactive ketones (excluding diaryl/α,β-unsaturated/α-hetero) is 1. The normalized spacial score (nSPS) is 10.1. The van der Waals surface area contributed by atoms with E-state index in [0.717, 1.165) is 16.7 Å². The highest BCUT2D eigenvalue weighted by Crippen LogP contribution is 2.11. The van der Waals surface area contributed by atoms with Gasteiger partial charge in [0.2, 0.25) is 0 Å². The number of aliphatic hydroxyl groups excluding tert-OH is 1. The molecule has 0 spiro atoms. The molecule has 0 aliphatic rings. The molecule has 0 amide bonds. The molecule has 0 fully saturated rings. The predicted octanol–water partition coefficient (Wildman–Crippen LogP) is 1.62. The molecule has 0 atom stereocenters. The van der Waals surface area contributed by atoms with E-state index in [2.05, 4.69) is 0 Å². The molecule has 1 N–H and O–H groups in total. The average Bonchev–Trinajstić information content (AvgIpc) is 2.07. The van der Waals surface area contributed by atoms with Crippen LogP contribution in [0.15, 0.2) is 18.2 Å². The fourth-order valence-corrected chi connectivity index (χ4v) is 1.29. The van der Waals surface area contributed by atoms with Crippen LogP contribution in [-0.2, 0) is 17.8 Å².